The van der Waals surface area contributed by atoms with Crippen LogP contribution in [0.25, 0.3) is 5.78 Å². The molecule has 3 aromatic rings. The number of benzene rings is 1. The predicted molar refractivity (Wildman–Crippen MR) is 95.8 cm³/mol. The molecule has 0 fully saturated rings. The largest absolute Gasteiger partial charge is 0.325 e. The first-order valence-corrected chi connectivity index (χ1v) is 8.68. The maximum Gasteiger partial charge on any atom is 0.256 e. The standard InChI is InChI=1S/C16H16ClN5OS/c1-9-6-12(17)4-5-13(9)19-14(23)8-24-16-21-20-15-18-10(2)7-11(3)22(15)16/h4-7H,8H2,1-3H3,(H,19,23). The van der Waals surface area contributed by atoms with Crippen molar-refractivity contribution >= 4 is 40.7 Å². The van der Waals surface area contributed by atoms with Crippen molar-refractivity contribution in [2.45, 2.75) is 25.9 Å². The van der Waals surface area contributed by atoms with Crippen molar-refractivity contribution in [1.29, 1.82) is 0 Å². The fourth-order valence-electron chi connectivity index (χ4n) is 2.38. The van der Waals surface area contributed by atoms with E-state index in [2.05, 4.69) is 20.5 Å². The van der Waals surface area contributed by atoms with E-state index in [1.165, 1.54) is 11.8 Å². The summed E-state index contributed by atoms with van der Waals surface area (Å²) in [4.78, 5) is 16.5. The maximum absolute atomic E-state index is 12.2. The maximum atomic E-state index is 12.2. The molecule has 0 spiro atoms. The van der Waals surface area contributed by atoms with E-state index in [1.54, 1.807) is 12.1 Å². The van der Waals surface area contributed by atoms with E-state index in [0.29, 0.717) is 16.0 Å². The molecule has 1 N–H and O–H groups in total. The average Bonchev–Trinajstić information content (AvgIpc) is 2.91. The molecule has 2 aromatic heterocycles. The molecule has 0 atom stereocenters. The number of aryl methyl sites for hydroxylation is 3. The smallest absolute Gasteiger partial charge is 0.256 e. The second-order valence-electron chi connectivity index (χ2n) is 5.45. The lowest BCUT2D eigenvalue weighted by atomic mass is 10.2. The van der Waals surface area contributed by atoms with Crippen LogP contribution >= 0.6 is 23.4 Å². The minimum Gasteiger partial charge on any atom is -0.325 e. The average molecular weight is 362 g/mol. The number of anilines is 1. The first-order valence-electron chi connectivity index (χ1n) is 7.32. The van der Waals surface area contributed by atoms with Crippen LogP contribution in [0.4, 0.5) is 5.69 Å². The number of fused-ring (bicyclic) bond motifs is 1. The van der Waals surface area contributed by atoms with Gasteiger partial charge in [-0.2, -0.15) is 0 Å². The third-order valence-corrected chi connectivity index (χ3v) is 4.62. The fourth-order valence-corrected chi connectivity index (χ4v) is 3.39. The summed E-state index contributed by atoms with van der Waals surface area (Å²) < 4.78 is 1.85. The molecule has 3 rings (SSSR count). The normalized spacial score (nSPS) is 11.0. The highest BCUT2D eigenvalue weighted by molar-refractivity contribution is 7.99. The van der Waals surface area contributed by atoms with Crippen molar-refractivity contribution in [3.63, 3.8) is 0 Å². The second kappa shape index (κ2) is 6.78. The number of halogens is 1. The number of nitrogens with zero attached hydrogens (tertiary/aromatic N) is 4. The lowest BCUT2D eigenvalue weighted by Crippen LogP contribution is -2.15. The van der Waals surface area contributed by atoms with Crippen LogP contribution in [0.15, 0.2) is 29.4 Å². The molecule has 1 aromatic carbocycles. The van der Waals surface area contributed by atoms with Gasteiger partial charge in [0.1, 0.15) is 0 Å². The minimum atomic E-state index is -0.111. The molecule has 1 amide bonds. The Bertz CT molecular complexity index is 924. The van der Waals surface area contributed by atoms with Crippen LogP contribution in [0.3, 0.4) is 0 Å². The van der Waals surface area contributed by atoms with E-state index in [0.717, 1.165) is 22.6 Å². The van der Waals surface area contributed by atoms with Crippen LogP contribution < -0.4 is 5.32 Å². The Hall–Kier alpha value is -2.12. The summed E-state index contributed by atoms with van der Waals surface area (Å²) >= 11 is 7.25. The zero-order chi connectivity index (χ0) is 17.3. The molecule has 0 unspecified atom stereocenters. The van der Waals surface area contributed by atoms with Crippen molar-refractivity contribution < 1.29 is 4.79 Å². The van der Waals surface area contributed by atoms with Crippen LogP contribution in [-0.2, 0) is 4.79 Å². The van der Waals surface area contributed by atoms with Crippen molar-refractivity contribution in [2.75, 3.05) is 11.1 Å². The summed E-state index contributed by atoms with van der Waals surface area (Å²) in [6.07, 6.45) is 0. The van der Waals surface area contributed by atoms with Gasteiger partial charge in [0.2, 0.25) is 5.91 Å². The number of rotatable bonds is 4. The zero-order valence-corrected chi connectivity index (χ0v) is 15.1. The highest BCUT2D eigenvalue weighted by atomic mass is 35.5. The van der Waals surface area contributed by atoms with Gasteiger partial charge >= 0.3 is 0 Å². The number of aromatic nitrogens is 4. The Morgan fingerprint density at radius 1 is 1.25 bits per heavy atom. The SMILES string of the molecule is Cc1cc(C)n2c(SCC(=O)Nc3ccc(Cl)cc3C)nnc2n1. The number of hydrogen-bond acceptors (Lipinski definition) is 5. The molecular weight excluding hydrogens is 346 g/mol. The van der Waals surface area contributed by atoms with Crippen molar-refractivity contribution in [3.05, 3.63) is 46.2 Å². The summed E-state index contributed by atoms with van der Waals surface area (Å²) in [6.45, 7) is 5.78. The number of nitrogens with one attached hydrogen (secondary N) is 1. The van der Waals surface area contributed by atoms with E-state index in [9.17, 15) is 4.79 Å². The number of thioether (sulfide) groups is 1. The predicted octanol–water partition coefficient (Wildman–Crippen LogP) is 3.43. The van der Waals surface area contributed by atoms with Crippen LogP contribution in [-0.4, -0.2) is 31.2 Å². The molecule has 0 aliphatic carbocycles. The van der Waals surface area contributed by atoms with Crippen molar-refractivity contribution in [2.24, 2.45) is 0 Å². The number of amides is 1. The molecule has 0 radical (unpaired) electrons. The molecule has 0 bridgehead atoms. The molecule has 6 nitrogen and oxygen atoms in total. The van der Waals surface area contributed by atoms with Gasteiger partial charge in [0.05, 0.1) is 5.75 Å². The van der Waals surface area contributed by atoms with Gasteiger partial charge in [0.15, 0.2) is 5.16 Å². The Labute approximate surface area is 148 Å². The van der Waals surface area contributed by atoms with Gasteiger partial charge in [-0.1, -0.05) is 23.4 Å². The molecule has 0 aliphatic heterocycles. The summed E-state index contributed by atoms with van der Waals surface area (Å²) in [5.74, 6) is 0.666. The highest BCUT2D eigenvalue weighted by Crippen LogP contribution is 2.21. The molecule has 2 heterocycles. The zero-order valence-electron chi connectivity index (χ0n) is 13.5. The second-order valence-corrected chi connectivity index (χ2v) is 6.83. The molecule has 0 aliphatic rings. The van der Waals surface area contributed by atoms with Gasteiger partial charge in [-0.25, -0.2) is 4.98 Å². The van der Waals surface area contributed by atoms with Crippen molar-refractivity contribution in [1.82, 2.24) is 19.6 Å². The van der Waals surface area contributed by atoms with Gasteiger partial charge in [0.25, 0.3) is 5.78 Å². The first kappa shape index (κ1) is 16.7. The molecule has 0 saturated carbocycles. The van der Waals surface area contributed by atoms with E-state index in [-0.39, 0.29) is 11.7 Å². The van der Waals surface area contributed by atoms with Crippen LogP contribution in [0, 0.1) is 20.8 Å². The molecule has 8 heteroatoms. The third-order valence-electron chi connectivity index (χ3n) is 3.46. The molecule has 0 saturated heterocycles. The lowest BCUT2D eigenvalue weighted by molar-refractivity contribution is -0.113. The summed E-state index contributed by atoms with van der Waals surface area (Å²) in [5.41, 5.74) is 3.55. The highest BCUT2D eigenvalue weighted by Gasteiger charge is 2.13. The number of carbonyl (C=O) groups excluding carboxylic acids is 1. The Balaban J connectivity index is 1.70. The van der Waals surface area contributed by atoms with Crippen molar-refractivity contribution in [3.8, 4) is 0 Å². The Morgan fingerprint density at radius 3 is 2.79 bits per heavy atom. The number of hydrogen-bond donors (Lipinski definition) is 1. The van der Waals surface area contributed by atoms with Gasteiger partial charge in [0, 0.05) is 22.1 Å². The Morgan fingerprint density at radius 2 is 2.04 bits per heavy atom. The van der Waals surface area contributed by atoms with Crippen LogP contribution in [0.5, 0.6) is 0 Å². The van der Waals surface area contributed by atoms with Gasteiger partial charge in [-0.3, -0.25) is 9.20 Å². The molecular formula is C16H16ClN5OS. The van der Waals surface area contributed by atoms with E-state index < -0.39 is 0 Å². The summed E-state index contributed by atoms with van der Waals surface area (Å²) in [7, 11) is 0. The van der Waals surface area contributed by atoms with Crippen LogP contribution in [0.1, 0.15) is 17.0 Å². The van der Waals surface area contributed by atoms with E-state index >= 15 is 0 Å². The van der Waals surface area contributed by atoms with Gasteiger partial charge in [-0.15, -0.1) is 10.2 Å². The van der Waals surface area contributed by atoms with Gasteiger partial charge < -0.3 is 5.32 Å². The minimum absolute atomic E-state index is 0.111. The van der Waals surface area contributed by atoms with E-state index in [4.69, 9.17) is 11.6 Å². The number of carbonyl (C=O) groups is 1. The summed E-state index contributed by atoms with van der Waals surface area (Å²) in [5, 5.41) is 12.4. The monoisotopic (exact) mass is 361 g/mol. The lowest BCUT2D eigenvalue weighted by Gasteiger charge is -2.08. The summed E-state index contributed by atoms with van der Waals surface area (Å²) in [6, 6.07) is 7.32. The van der Waals surface area contributed by atoms with E-state index in [1.807, 2.05) is 37.3 Å². The third kappa shape index (κ3) is 3.52. The first-order chi connectivity index (χ1) is 11.4. The van der Waals surface area contributed by atoms with Gasteiger partial charge in [-0.05, 0) is 50.6 Å². The quantitative estimate of drug-likeness (QED) is 0.721. The fraction of sp³-hybridized carbons (Fsp3) is 0.250. The molecule has 24 heavy (non-hydrogen) atoms. The molecule has 124 valence electrons. The Kier molecular flexibility index (Phi) is 4.73. The topological polar surface area (TPSA) is 72.2 Å². The van der Waals surface area contributed by atoms with Crippen LogP contribution in [0.2, 0.25) is 5.02 Å².